The molecule has 12 aromatic rings. The molecule has 2 aliphatic rings. The first kappa shape index (κ1) is 39.7. The summed E-state index contributed by atoms with van der Waals surface area (Å²) in [5, 5.41) is 2.20. The summed E-state index contributed by atoms with van der Waals surface area (Å²) < 4.78 is 20.0. The van der Waals surface area contributed by atoms with Crippen molar-refractivity contribution in [3.63, 3.8) is 0 Å². The van der Waals surface area contributed by atoms with Crippen LogP contribution < -0.4 is 9.47 Å². The normalized spacial score (nSPS) is 12.9. The lowest BCUT2D eigenvalue weighted by atomic mass is 9.67. The molecule has 6 nitrogen and oxygen atoms in total. The van der Waals surface area contributed by atoms with Crippen LogP contribution in [0, 0.1) is 0 Å². The molecule has 14 rings (SSSR count). The van der Waals surface area contributed by atoms with Crippen LogP contribution in [0.2, 0.25) is 0 Å². The van der Waals surface area contributed by atoms with Crippen LogP contribution >= 0.6 is 0 Å². The van der Waals surface area contributed by atoms with E-state index in [1.54, 1.807) is 0 Å². The minimum absolute atomic E-state index is 0.541. The number of fused-ring (bicyclic) bond motifs is 8. The van der Waals surface area contributed by atoms with E-state index in [2.05, 4.69) is 170 Å². The van der Waals surface area contributed by atoms with Gasteiger partial charge in [0, 0.05) is 33.0 Å². The second kappa shape index (κ2) is 15.9. The van der Waals surface area contributed by atoms with Gasteiger partial charge in [0.2, 0.25) is 0 Å². The predicted octanol–water partition coefficient (Wildman–Crippen LogP) is 16.4. The smallest absolute Gasteiger partial charge is 0.170 e. The van der Waals surface area contributed by atoms with Crippen LogP contribution in [0.15, 0.2) is 241 Å². The second-order valence-electron chi connectivity index (χ2n) is 17.8. The molecule has 328 valence electrons. The molecule has 0 amide bonds. The van der Waals surface area contributed by atoms with E-state index in [1.807, 2.05) is 66.7 Å². The highest BCUT2D eigenvalue weighted by atomic mass is 16.6. The van der Waals surface area contributed by atoms with Crippen LogP contribution in [-0.2, 0) is 5.41 Å². The van der Waals surface area contributed by atoms with Crippen molar-refractivity contribution in [1.82, 2.24) is 15.0 Å². The lowest BCUT2D eigenvalue weighted by molar-refractivity contribution is 0.359. The van der Waals surface area contributed by atoms with Gasteiger partial charge in [-0.25, -0.2) is 15.0 Å². The third-order valence-corrected chi connectivity index (χ3v) is 13.9. The average Bonchev–Trinajstić information content (AvgIpc) is 3.96. The highest BCUT2D eigenvalue weighted by Gasteiger charge is 2.47. The number of furan rings is 1. The minimum Gasteiger partial charge on any atom is -0.455 e. The van der Waals surface area contributed by atoms with Crippen molar-refractivity contribution in [1.29, 1.82) is 0 Å². The third-order valence-electron chi connectivity index (χ3n) is 13.9. The molecule has 0 spiro atoms. The number of aromatic nitrogens is 3. The molecule has 10 aromatic carbocycles. The van der Waals surface area contributed by atoms with Crippen LogP contribution in [0.1, 0.15) is 22.3 Å². The van der Waals surface area contributed by atoms with Crippen LogP contribution in [0.5, 0.6) is 23.0 Å². The Hall–Kier alpha value is -9.39. The number of benzene rings is 10. The Morgan fingerprint density at radius 2 is 0.814 bits per heavy atom. The molecule has 0 saturated heterocycles. The first-order chi connectivity index (χ1) is 34.7. The lowest BCUT2D eigenvalue weighted by Gasteiger charge is -2.34. The van der Waals surface area contributed by atoms with Crippen LogP contribution in [0.4, 0.5) is 0 Å². The van der Waals surface area contributed by atoms with Gasteiger partial charge in [-0.1, -0.05) is 200 Å². The van der Waals surface area contributed by atoms with Gasteiger partial charge < -0.3 is 13.9 Å². The van der Waals surface area contributed by atoms with Crippen molar-refractivity contribution in [3.05, 3.63) is 259 Å². The van der Waals surface area contributed by atoms with Crippen molar-refractivity contribution >= 4 is 21.9 Å². The van der Waals surface area contributed by atoms with Crippen molar-refractivity contribution < 1.29 is 13.9 Å². The maximum Gasteiger partial charge on any atom is 0.170 e. The molecule has 0 bridgehead atoms. The topological polar surface area (TPSA) is 70.3 Å². The molecule has 0 radical (unpaired) electrons. The van der Waals surface area contributed by atoms with Gasteiger partial charge in [-0.05, 0) is 86.5 Å². The monoisotopic (exact) mass is 897 g/mol. The maximum atomic E-state index is 6.81. The van der Waals surface area contributed by atoms with Crippen molar-refractivity contribution in [2.24, 2.45) is 0 Å². The fourth-order valence-electron chi connectivity index (χ4n) is 10.7. The first-order valence-electron chi connectivity index (χ1n) is 23.5. The Bertz CT molecular complexity index is 3960. The van der Waals surface area contributed by atoms with Crippen molar-refractivity contribution in [2.75, 3.05) is 0 Å². The number of hydrogen-bond donors (Lipinski definition) is 0. The highest BCUT2D eigenvalue weighted by molar-refractivity contribution is 6.09. The first-order valence-corrected chi connectivity index (χ1v) is 23.5. The van der Waals surface area contributed by atoms with Gasteiger partial charge in [0.15, 0.2) is 40.5 Å². The van der Waals surface area contributed by atoms with E-state index in [-0.39, 0.29) is 0 Å². The van der Waals surface area contributed by atoms with E-state index in [0.717, 1.165) is 72.0 Å². The largest absolute Gasteiger partial charge is 0.455 e. The number of rotatable bonds is 7. The molecule has 2 aromatic heterocycles. The molecule has 70 heavy (non-hydrogen) atoms. The summed E-state index contributed by atoms with van der Waals surface area (Å²) in [4.78, 5) is 15.2. The Morgan fingerprint density at radius 1 is 0.300 bits per heavy atom. The molecule has 6 heteroatoms. The number of hydrogen-bond acceptors (Lipinski definition) is 6. The summed E-state index contributed by atoms with van der Waals surface area (Å²) in [5.41, 5.74) is 15.0. The highest BCUT2D eigenvalue weighted by Crippen LogP contribution is 2.60. The molecular weight excluding hydrogens is 859 g/mol. The number of ether oxygens (including phenoxy) is 2. The Labute approximate surface area is 403 Å². The van der Waals surface area contributed by atoms with E-state index in [1.165, 1.54) is 22.3 Å². The van der Waals surface area contributed by atoms with Gasteiger partial charge in [0.1, 0.15) is 11.2 Å². The molecule has 0 unspecified atom stereocenters. The fraction of sp³-hybridized carbons (Fsp3) is 0.0156. The van der Waals surface area contributed by atoms with Crippen molar-refractivity contribution in [2.45, 2.75) is 5.41 Å². The van der Waals surface area contributed by atoms with Gasteiger partial charge in [0.25, 0.3) is 0 Å². The summed E-state index contributed by atoms with van der Waals surface area (Å²) in [6.07, 6.45) is 0. The van der Waals surface area contributed by atoms with Gasteiger partial charge in [-0.2, -0.15) is 0 Å². The zero-order valence-electron chi connectivity index (χ0n) is 37.6. The quantitative estimate of drug-likeness (QED) is 0.159. The van der Waals surface area contributed by atoms with Crippen molar-refractivity contribution in [3.8, 4) is 90.5 Å². The van der Waals surface area contributed by atoms with E-state index < -0.39 is 5.41 Å². The minimum atomic E-state index is -0.541. The van der Waals surface area contributed by atoms with E-state index in [4.69, 9.17) is 28.8 Å². The summed E-state index contributed by atoms with van der Waals surface area (Å²) in [5.74, 6) is 4.41. The molecule has 1 aliphatic carbocycles. The maximum absolute atomic E-state index is 6.81. The zero-order valence-corrected chi connectivity index (χ0v) is 37.6. The van der Waals surface area contributed by atoms with Gasteiger partial charge >= 0.3 is 0 Å². The van der Waals surface area contributed by atoms with Gasteiger partial charge in [-0.3, -0.25) is 0 Å². The van der Waals surface area contributed by atoms with E-state index >= 15 is 0 Å². The molecule has 0 N–H and O–H groups in total. The summed E-state index contributed by atoms with van der Waals surface area (Å²) in [6.45, 7) is 0. The Kier molecular flexibility index (Phi) is 9.01. The summed E-state index contributed by atoms with van der Waals surface area (Å²) >= 11 is 0. The standard InChI is InChI=1S/C64H39N3O3/c1-4-16-41(17-5-1)61-65-62(42-32-30-40(31-33-42)48-26-15-27-51-50-25-11-13-29-55(50)70-60(48)51)67-63(66-61)45-19-14-18-43(36-45)44-34-35-56-57(37-44)69-58-38-52-49-24-10-12-28-53(49)64(46-20-6-2-7-21-46,47-22-8-3-9-23-47)54(52)39-59(58)68-56/h1-39H. The summed E-state index contributed by atoms with van der Waals surface area (Å²) in [6, 6.07) is 82.0. The van der Waals surface area contributed by atoms with Crippen LogP contribution in [-0.4, -0.2) is 15.0 Å². The van der Waals surface area contributed by atoms with E-state index in [9.17, 15) is 0 Å². The number of nitrogens with zero attached hydrogens (tertiary/aromatic N) is 3. The van der Waals surface area contributed by atoms with Crippen LogP contribution in [0.3, 0.4) is 0 Å². The molecular formula is C64H39N3O3. The van der Waals surface area contributed by atoms with Gasteiger partial charge in [0.05, 0.1) is 5.41 Å². The molecule has 0 fully saturated rings. The Balaban J connectivity index is 0.812. The lowest BCUT2D eigenvalue weighted by Crippen LogP contribution is -2.28. The SMILES string of the molecule is c1ccc(-c2nc(-c3ccc(-c4cccc5c4oc4ccccc45)cc3)nc(-c3cccc(-c4ccc5c(c4)Oc4cc6c(cc4O5)C(c4ccccc4)(c4ccccc4)c4ccccc4-6)c3)n2)cc1. The van der Waals surface area contributed by atoms with E-state index in [0.29, 0.717) is 40.5 Å². The molecule has 0 saturated carbocycles. The Morgan fingerprint density at radius 3 is 1.59 bits per heavy atom. The molecule has 0 atom stereocenters. The molecule has 1 aliphatic heterocycles. The fourth-order valence-corrected chi connectivity index (χ4v) is 10.7. The summed E-state index contributed by atoms with van der Waals surface area (Å²) in [7, 11) is 0. The second-order valence-corrected chi connectivity index (χ2v) is 17.8. The zero-order chi connectivity index (χ0) is 46.2. The predicted molar refractivity (Wildman–Crippen MR) is 278 cm³/mol. The average molecular weight is 898 g/mol. The third kappa shape index (κ3) is 6.31. The van der Waals surface area contributed by atoms with Gasteiger partial charge in [-0.15, -0.1) is 0 Å². The van der Waals surface area contributed by atoms with Crippen LogP contribution in [0.25, 0.3) is 89.5 Å². The number of para-hydroxylation sites is 2. The molecule has 3 heterocycles.